The van der Waals surface area contributed by atoms with Crippen molar-refractivity contribution in [2.45, 2.75) is 26.3 Å². The number of carbonyl (C=O) groups excluding carboxylic acids is 2. The van der Waals surface area contributed by atoms with E-state index < -0.39 is 23.5 Å². The van der Waals surface area contributed by atoms with Crippen LogP contribution in [0, 0.1) is 0 Å². The lowest BCUT2D eigenvalue weighted by Crippen LogP contribution is -3.11. The number of halogens is 1. The molecular weight excluding hydrogens is 402 g/mol. The Morgan fingerprint density at radius 1 is 1.17 bits per heavy atom. The van der Waals surface area contributed by atoms with Gasteiger partial charge < -0.3 is 14.9 Å². The summed E-state index contributed by atoms with van der Waals surface area (Å²) in [7, 11) is 0. The topological polar surface area (TPSA) is 77.8 Å². The summed E-state index contributed by atoms with van der Waals surface area (Å²) in [6, 6.07) is 9.35. The summed E-state index contributed by atoms with van der Waals surface area (Å²) in [5.41, 5.74) is 0.973. The second kappa shape index (κ2) is 9.87. The van der Waals surface area contributed by atoms with Gasteiger partial charge in [-0.3, -0.25) is 14.6 Å². The number of Topliss-reactive ketones (excluding diaryl/α,β-unsaturated/α-hetero) is 1. The first kappa shape index (κ1) is 22.0. The van der Waals surface area contributed by atoms with Crippen LogP contribution in [0.5, 0.6) is 0 Å². The number of ketones is 1. The average molecular weight is 428 g/mol. The fourth-order valence-corrected chi connectivity index (χ4v) is 4.08. The maximum atomic E-state index is 13.2. The van der Waals surface area contributed by atoms with E-state index in [0.717, 1.165) is 26.1 Å². The number of benzene rings is 1. The molecule has 1 aliphatic heterocycles. The third-order valence-electron chi connectivity index (χ3n) is 5.57. The Balaban J connectivity index is 2.01. The monoisotopic (exact) mass is 427 g/mol. The predicted octanol–water partition coefficient (Wildman–Crippen LogP) is 1.27. The van der Waals surface area contributed by atoms with Crippen molar-refractivity contribution < 1.29 is 19.6 Å². The van der Waals surface area contributed by atoms with Gasteiger partial charge in [-0.15, -0.1) is 0 Å². The molecule has 1 N–H and O–H groups in total. The molecule has 1 aromatic heterocycles. The van der Waals surface area contributed by atoms with Crippen LogP contribution < -0.4 is 10.0 Å². The molecule has 1 aromatic carbocycles. The van der Waals surface area contributed by atoms with Crippen molar-refractivity contribution in [2.24, 2.45) is 0 Å². The standard InChI is InChI=1S/C23H26ClN3O3/c1-3-26(4-2)13-6-14-27-20(17-7-5-8-18(24)15-17)19(22(29)23(27)30)21(28)16-9-11-25-12-10-16/h5,7-12,15,20,28H,3-4,6,13-14H2,1-2H3. The summed E-state index contributed by atoms with van der Waals surface area (Å²) >= 11 is 6.18. The summed E-state index contributed by atoms with van der Waals surface area (Å²) in [6.07, 6.45) is 3.73. The van der Waals surface area contributed by atoms with E-state index in [9.17, 15) is 14.7 Å². The SMILES string of the molecule is CC[NH+](CC)CCCN1C(=O)C(=O)C(=C([O-])c2ccncc2)C1c1cccc(Cl)c1. The Bertz CT molecular complexity index is 942. The first-order chi connectivity index (χ1) is 14.5. The smallest absolute Gasteiger partial charge is 0.295 e. The lowest BCUT2D eigenvalue weighted by atomic mass is 9.95. The minimum Gasteiger partial charge on any atom is -0.872 e. The van der Waals surface area contributed by atoms with Gasteiger partial charge in [-0.05, 0) is 49.2 Å². The first-order valence-electron chi connectivity index (χ1n) is 10.2. The molecule has 1 amide bonds. The van der Waals surface area contributed by atoms with E-state index in [1.54, 1.807) is 36.4 Å². The number of pyridine rings is 1. The molecular formula is C23H26ClN3O3. The Morgan fingerprint density at radius 3 is 2.50 bits per heavy atom. The minimum absolute atomic E-state index is 0.0244. The van der Waals surface area contributed by atoms with Crippen molar-refractivity contribution in [2.75, 3.05) is 26.2 Å². The van der Waals surface area contributed by atoms with E-state index in [1.165, 1.54) is 22.2 Å². The molecule has 1 unspecified atom stereocenters. The largest absolute Gasteiger partial charge is 0.872 e. The van der Waals surface area contributed by atoms with E-state index in [2.05, 4.69) is 18.8 Å². The molecule has 0 radical (unpaired) electrons. The highest BCUT2D eigenvalue weighted by Crippen LogP contribution is 2.39. The molecule has 1 saturated heterocycles. The molecule has 2 aromatic rings. The highest BCUT2D eigenvalue weighted by atomic mass is 35.5. The van der Waals surface area contributed by atoms with Crippen molar-refractivity contribution in [3.63, 3.8) is 0 Å². The van der Waals surface area contributed by atoms with Crippen LogP contribution in [0.2, 0.25) is 5.02 Å². The quantitative estimate of drug-likeness (QED) is 0.391. The number of carbonyl (C=O) groups is 2. The zero-order valence-electron chi connectivity index (χ0n) is 17.2. The summed E-state index contributed by atoms with van der Waals surface area (Å²) in [5.74, 6) is -1.82. The summed E-state index contributed by atoms with van der Waals surface area (Å²) < 4.78 is 0. The molecule has 158 valence electrons. The number of quaternary nitrogens is 1. The second-order valence-corrected chi connectivity index (χ2v) is 7.76. The van der Waals surface area contributed by atoms with Gasteiger partial charge >= 0.3 is 0 Å². The van der Waals surface area contributed by atoms with Crippen LogP contribution in [0.15, 0.2) is 54.4 Å². The van der Waals surface area contributed by atoms with Crippen molar-refractivity contribution >= 4 is 29.1 Å². The predicted molar refractivity (Wildman–Crippen MR) is 114 cm³/mol. The van der Waals surface area contributed by atoms with Crippen LogP contribution >= 0.6 is 11.6 Å². The number of aromatic nitrogens is 1. The lowest BCUT2D eigenvalue weighted by molar-refractivity contribution is -0.896. The number of hydrogen-bond acceptors (Lipinski definition) is 4. The summed E-state index contributed by atoms with van der Waals surface area (Å²) in [4.78, 5) is 32.7. The van der Waals surface area contributed by atoms with Gasteiger partial charge in [0.2, 0.25) is 5.78 Å². The van der Waals surface area contributed by atoms with Gasteiger partial charge in [0.1, 0.15) is 0 Å². The lowest BCUT2D eigenvalue weighted by Gasteiger charge is -2.28. The molecule has 0 aliphatic carbocycles. The Hall–Kier alpha value is -2.70. The van der Waals surface area contributed by atoms with Crippen molar-refractivity contribution in [1.82, 2.24) is 9.88 Å². The van der Waals surface area contributed by atoms with Gasteiger partial charge in [0.25, 0.3) is 5.91 Å². The third-order valence-corrected chi connectivity index (χ3v) is 5.80. The van der Waals surface area contributed by atoms with Crippen molar-refractivity contribution in [1.29, 1.82) is 0 Å². The van der Waals surface area contributed by atoms with E-state index in [4.69, 9.17) is 11.6 Å². The zero-order valence-corrected chi connectivity index (χ0v) is 18.0. The van der Waals surface area contributed by atoms with Gasteiger partial charge in [-0.2, -0.15) is 0 Å². The van der Waals surface area contributed by atoms with Gasteiger partial charge in [0.05, 0.1) is 25.7 Å². The number of rotatable bonds is 8. The van der Waals surface area contributed by atoms with Crippen LogP contribution in [0.3, 0.4) is 0 Å². The molecule has 1 atom stereocenters. The summed E-state index contributed by atoms with van der Waals surface area (Å²) in [5, 5.41) is 13.7. The number of likely N-dealkylation sites (tertiary alicyclic amines) is 1. The molecule has 0 saturated carbocycles. The van der Waals surface area contributed by atoms with Crippen LogP contribution in [0.25, 0.3) is 5.76 Å². The normalized spacial score (nSPS) is 18.4. The molecule has 2 heterocycles. The molecule has 30 heavy (non-hydrogen) atoms. The Kier molecular flexibility index (Phi) is 7.24. The van der Waals surface area contributed by atoms with Crippen LogP contribution in [-0.4, -0.2) is 47.8 Å². The van der Waals surface area contributed by atoms with Gasteiger partial charge in [0.15, 0.2) is 0 Å². The van der Waals surface area contributed by atoms with Gasteiger partial charge in [-0.25, -0.2) is 0 Å². The maximum absolute atomic E-state index is 13.2. The van der Waals surface area contributed by atoms with Crippen LogP contribution in [0.4, 0.5) is 0 Å². The average Bonchev–Trinajstić information content (AvgIpc) is 3.02. The van der Waals surface area contributed by atoms with Crippen LogP contribution in [-0.2, 0) is 9.59 Å². The molecule has 1 aliphatic rings. The van der Waals surface area contributed by atoms with E-state index in [1.807, 2.05) is 0 Å². The zero-order chi connectivity index (χ0) is 21.7. The van der Waals surface area contributed by atoms with Crippen LogP contribution in [0.1, 0.15) is 37.4 Å². The highest BCUT2D eigenvalue weighted by Gasteiger charge is 2.44. The Labute approximate surface area is 181 Å². The Morgan fingerprint density at radius 2 is 1.87 bits per heavy atom. The number of amides is 1. The highest BCUT2D eigenvalue weighted by molar-refractivity contribution is 6.46. The molecule has 3 rings (SSSR count). The number of hydrogen-bond donors (Lipinski definition) is 1. The minimum atomic E-state index is -0.740. The van der Waals surface area contributed by atoms with Crippen molar-refractivity contribution in [3.8, 4) is 0 Å². The van der Waals surface area contributed by atoms with E-state index >= 15 is 0 Å². The van der Waals surface area contributed by atoms with Gasteiger partial charge in [0, 0.05) is 36.0 Å². The van der Waals surface area contributed by atoms with Gasteiger partial charge in [-0.1, -0.05) is 29.5 Å². The summed E-state index contributed by atoms with van der Waals surface area (Å²) in [6.45, 7) is 7.53. The molecule has 0 spiro atoms. The maximum Gasteiger partial charge on any atom is 0.295 e. The third kappa shape index (κ3) is 4.55. The molecule has 1 fully saturated rings. The fourth-order valence-electron chi connectivity index (χ4n) is 3.89. The second-order valence-electron chi connectivity index (χ2n) is 7.32. The number of nitrogens with one attached hydrogen (secondary N) is 1. The molecule has 0 bridgehead atoms. The molecule has 6 nitrogen and oxygen atoms in total. The van der Waals surface area contributed by atoms with E-state index in [0.29, 0.717) is 22.7 Å². The molecule has 7 heteroatoms. The number of nitrogens with zero attached hydrogens (tertiary/aromatic N) is 2. The van der Waals surface area contributed by atoms with E-state index in [-0.39, 0.29) is 5.57 Å². The first-order valence-corrected chi connectivity index (χ1v) is 10.6. The van der Waals surface area contributed by atoms with Crippen molar-refractivity contribution in [3.05, 3.63) is 70.5 Å². The fraction of sp³-hybridized carbons (Fsp3) is 0.348.